The molecule has 0 saturated heterocycles. The van der Waals surface area contributed by atoms with Gasteiger partial charge in [-0.2, -0.15) is 0 Å². The largest absolute Gasteiger partial charge is 0.481 e. The smallest absolute Gasteiger partial charge is 0.319 e. The first-order chi connectivity index (χ1) is 6.75. The van der Waals surface area contributed by atoms with E-state index in [4.69, 9.17) is 22.4 Å². The van der Waals surface area contributed by atoms with E-state index < -0.39 is 16.7 Å². The van der Waals surface area contributed by atoms with Crippen LogP contribution in [0.4, 0.5) is 0 Å². The Kier molecular flexibility index (Phi) is 6.23. The summed E-state index contributed by atoms with van der Waals surface area (Å²) in [7, 11) is 0. The second-order valence-electron chi connectivity index (χ2n) is 3.16. The summed E-state index contributed by atoms with van der Waals surface area (Å²) in [5.41, 5.74) is 0. The lowest BCUT2D eigenvalue weighted by molar-refractivity contribution is -0.139. The third-order valence-electron chi connectivity index (χ3n) is 1.39. The van der Waals surface area contributed by atoms with Crippen LogP contribution >= 0.6 is 35.7 Å². The zero-order valence-corrected chi connectivity index (χ0v) is 10.8. The quantitative estimate of drug-likeness (QED) is 0.739. The van der Waals surface area contributed by atoms with Gasteiger partial charge in [-0.3, -0.25) is 9.59 Å². The van der Waals surface area contributed by atoms with Crippen LogP contribution in [-0.4, -0.2) is 36.2 Å². The summed E-state index contributed by atoms with van der Waals surface area (Å²) >= 11 is 7.21. The summed E-state index contributed by atoms with van der Waals surface area (Å²) in [6.45, 7) is 3.12. The number of thioether (sulfide) groups is 2. The Hall–Kier alpha value is -0.270. The zero-order chi connectivity index (χ0) is 12.1. The molecular formula is C8H12O4S3. The highest BCUT2D eigenvalue weighted by Crippen LogP contribution is 2.31. The number of hydrogen-bond donors (Lipinski definition) is 2. The highest BCUT2D eigenvalue weighted by molar-refractivity contribution is 8.47. The predicted molar refractivity (Wildman–Crippen MR) is 66.6 cm³/mol. The van der Waals surface area contributed by atoms with Crippen molar-refractivity contribution in [3.05, 3.63) is 0 Å². The number of carboxylic acid groups (broad SMARTS) is 2. The molecule has 0 unspecified atom stereocenters. The Labute approximate surface area is 102 Å². The Morgan fingerprint density at radius 1 is 1.33 bits per heavy atom. The van der Waals surface area contributed by atoms with Gasteiger partial charge in [-0.25, -0.2) is 0 Å². The van der Waals surface area contributed by atoms with Crippen LogP contribution in [0, 0.1) is 0 Å². The molecule has 4 nitrogen and oxygen atoms in total. The first-order valence-corrected chi connectivity index (χ1v) is 6.27. The molecule has 0 aromatic rings. The maximum atomic E-state index is 10.8. The van der Waals surface area contributed by atoms with Crippen molar-refractivity contribution in [1.29, 1.82) is 0 Å². The van der Waals surface area contributed by atoms with Gasteiger partial charge in [0.25, 0.3) is 0 Å². The second-order valence-corrected chi connectivity index (χ2v) is 7.08. The molecule has 0 aliphatic carbocycles. The molecule has 0 aliphatic heterocycles. The van der Waals surface area contributed by atoms with Crippen LogP contribution in [0.25, 0.3) is 0 Å². The highest BCUT2D eigenvalue weighted by atomic mass is 32.2. The molecule has 0 aliphatic rings. The number of carbonyl (C=O) groups is 2. The fourth-order valence-corrected chi connectivity index (χ4v) is 3.44. The molecule has 0 saturated carbocycles. The van der Waals surface area contributed by atoms with E-state index in [0.717, 1.165) is 11.8 Å². The van der Waals surface area contributed by atoms with Crippen LogP contribution in [0.1, 0.15) is 20.3 Å². The summed E-state index contributed by atoms with van der Waals surface area (Å²) in [4.78, 5) is 21.0. The van der Waals surface area contributed by atoms with Crippen molar-refractivity contribution < 1.29 is 19.8 Å². The van der Waals surface area contributed by atoms with Crippen molar-refractivity contribution in [3.8, 4) is 0 Å². The number of hydrogen-bond acceptors (Lipinski definition) is 5. The third-order valence-corrected chi connectivity index (χ3v) is 4.09. The van der Waals surface area contributed by atoms with Gasteiger partial charge in [0.2, 0.25) is 0 Å². The van der Waals surface area contributed by atoms with Gasteiger partial charge in [0, 0.05) is 5.75 Å². The maximum absolute atomic E-state index is 10.8. The monoisotopic (exact) mass is 268 g/mol. The van der Waals surface area contributed by atoms with E-state index in [-0.39, 0.29) is 6.42 Å². The molecule has 0 aromatic heterocycles. The SMILES string of the molecule is CC(C)(SC(=S)SCCC(=O)O)C(=O)O. The van der Waals surface area contributed by atoms with Gasteiger partial charge in [-0.05, 0) is 13.8 Å². The van der Waals surface area contributed by atoms with Crippen molar-refractivity contribution in [2.45, 2.75) is 25.0 Å². The summed E-state index contributed by atoms with van der Waals surface area (Å²) in [5, 5.41) is 17.2. The van der Waals surface area contributed by atoms with Crippen LogP contribution in [0.2, 0.25) is 0 Å². The average Bonchev–Trinajstić information content (AvgIpc) is 2.01. The number of carboxylic acids is 2. The number of thiocarbonyl (C=S) groups is 1. The maximum Gasteiger partial charge on any atom is 0.319 e. The Balaban J connectivity index is 3.94. The Morgan fingerprint density at radius 3 is 2.27 bits per heavy atom. The van der Waals surface area contributed by atoms with Crippen molar-refractivity contribution >= 4 is 51.2 Å². The molecule has 0 bridgehead atoms. The predicted octanol–water partition coefficient (Wildman–Crippen LogP) is 2.08. The van der Waals surface area contributed by atoms with Crippen LogP contribution in [-0.2, 0) is 9.59 Å². The van der Waals surface area contributed by atoms with E-state index in [9.17, 15) is 9.59 Å². The molecule has 0 fully saturated rings. The van der Waals surface area contributed by atoms with Gasteiger partial charge in [0.05, 0.1) is 6.42 Å². The average molecular weight is 268 g/mol. The fourth-order valence-electron chi connectivity index (χ4n) is 0.503. The van der Waals surface area contributed by atoms with Crippen LogP contribution < -0.4 is 0 Å². The van der Waals surface area contributed by atoms with E-state index in [1.807, 2.05) is 0 Å². The molecule has 7 heteroatoms. The number of aliphatic carboxylic acids is 2. The van der Waals surface area contributed by atoms with Crippen LogP contribution in [0.15, 0.2) is 0 Å². The van der Waals surface area contributed by atoms with E-state index in [1.54, 1.807) is 13.8 Å². The molecule has 0 atom stereocenters. The lowest BCUT2D eigenvalue weighted by Crippen LogP contribution is -2.28. The lowest BCUT2D eigenvalue weighted by atomic mass is 10.2. The summed E-state index contributed by atoms with van der Waals surface area (Å²) < 4.78 is -0.503. The van der Waals surface area contributed by atoms with Crippen molar-refractivity contribution in [2.75, 3.05) is 5.75 Å². The molecule has 0 aromatic carbocycles. The summed E-state index contributed by atoms with van der Waals surface area (Å²) in [6.07, 6.45) is 0.0267. The van der Waals surface area contributed by atoms with Gasteiger partial charge >= 0.3 is 11.9 Å². The minimum atomic E-state index is -0.965. The molecule has 2 N–H and O–H groups in total. The first-order valence-electron chi connectivity index (χ1n) is 4.06. The molecule has 0 spiro atoms. The normalized spacial score (nSPS) is 11.1. The molecule has 0 rings (SSSR count). The topological polar surface area (TPSA) is 74.6 Å². The standard InChI is InChI=1S/C8H12O4S3/c1-8(2,6(11)12)15-7(13)14-4-3-5(9)10/h3-4H2,1-2H3,(H,9,10)(H,11,12). The van der Waals surface area contributed by atoms with Crippen LogP contribution in [0.5, 0.6) is 0 Å². The van der Waals surface area contributed by atoms with Crippen molar-refractivity contribution in [1.82, 2.24) is 0 Å². The molecule has 86 valence electrons. The fraction of sp³-hybridized carbons (Fsp3) is 0.625. The minimum absolute atomic E-state index is 0.0267. The van der Waals surface area contributed by atoms with Gasteiger partial charge in [-0.15, -0.1) is 11.8 Å². The minimum Gasteiger partial charge on any atom is -0.481 e. The molecule has 0 radical (unpaired) electrons. The summed E-state index contributed by atoms with van der Waals surface area (Å²) in [6, 6.07) is 0. The first kappa shape index (κ1) is 14.7. The molecular weight excluding hydrogens is 256 g/mol. The van der Waals surface area contributed by atoms with Gasteiger partial charge in [0.15, 0.2) is 0 Å². The van der Waals surface area contributed by atoms with Crippen molar-refractivity contribution in [2.24, 2.45) is 0 Å². The van der Waals surface area contributed by atoms with Gasteiger partial charge < -0.3 is 10.2 Å². The second kappa shape index (κ2) is 6.34. The van der Waals surface area contributed by atoms with Crippen LogP contribution in [0.3, 0.4) is 0 Å². The molecule has 0 amide bonds. The van der Waals surface area contributed by atoms with E-state index in [2.05, 4.69) is 0 Å². The lowest BCUT2D eigenvalue weighted by Gasteiger charge is -2.17. The number of rotatable bonds is 5. The Bertz CT molecular complexity index is 275. The van der Waals surface area contributed by atoms with E-state index >= 15 is 0 Å². The van der Waals surface area contributed by atoms with Gasteiger partial charge in [0.1, 0.15) is 8.28 Å². The van der Waals surface area contributed by atoms with E-state index in [0.29, 0.717) is 9.28 Å². The molecule has 15 heavy (non-hydrogen) atoms. The molecule has 0 heterocycles. The zero-order valence-electron chi connectivity index (χ0n) is 8.35. The summed E-state index contributed by atoms with van der Waals surface area (Å²) in [5.74, 6) is -1.45. The third kappa shape index (κ3) is 6.75. The Morgan fingerprint density at radius 2 is 1.87 bits per heavy atom. The van der Waals surface area contributed by atoms with E-state index in [1.165, 1.54) is 11.8 Å². The van der Waals surface area contributed by atoms with Gasteiger partial charge in [-0.1, -0.05) is 24.0 Å². The highest BCUT2D eigenvalue weighted by Gasteiger charge is 2.29. The van der Waals surface area contributed by atoms with Crippen molar-refractivity contribution in [3.63, 3.8) is 0 Å².